The van der Waals surface area contributed by atoms with E-state index in [4.69, 9.17) is 11.6 Å². The van der Waals surface area contributed by atoms with E-state index in [0.29, 0.717) is 5.02 Å². The lowest BCUT2D eigenvalue weighted by atomic mass is 9.84. The van der Waals surface area contributed by atoms with E-state index in [1.165, 1.54) is 25.0 Å². The van der Waals surface area contributed by atoms with E-state index in [1.54, 1.807) is 12.1 Å². The summed E-state index contributed by atoms with van der Waals surface area (Å²) in [6, 6.07) is 5.58. The summed E-state index contributed by atoms with van der Waals surface area (Å²) in [7, 11) is -3.67. The summed E-state index contributed by atoms with van der Waals surface area (Å²) in [5, 5.41) is 10.2. The molecule has 0 heterocycles. The van der Waals surface area contributed by atoms with Crippen molar-refractivity contribution >= 4 is 21.6 Å². The van der Waals surface area contributed by atoms with E-state index in [2.05, 4.69) is 25.5 Å². The minimum absolute atomic E-state index is 0.105. The highest BCUT2D eigenvalue weighted by molar-refractivity contribution is 7.89. The first-order valence-electron chi connectivity index (χ1n) is 8.70. The molecular formula is C18H30ClNO3S. The standard InChI is InChI=1S/C18H30ClNO3S/c1-4-5-6-7-8-17(14(2)3)18(13-21)20-24(22,23)16-11-9-15(19)10-12-16/h9-12,14,17-18,20-21H,4-8,13H2,1-3H3/t17-,18+/m0/s1. The Hall–Kier alpha value is -0.620. The summed E-state index contributed by atoms with van der Waals surface area (Å²) in [5.41, 5.74) is 0. The molecule has 0 aliphatic carbocycles. The zero-order valence-electron chi connectivity index (χ0n) is 14.8. The van der Waals surface area contributed by atoms with Crippen LogP contribution in [0.2, 0.25) is 5.02 Å². The first-order valence-corrected chi connectivity index (χ1v) is 10.6. The zero-order chi connectivity index (χ0) is 18.2. The predicted octanol–water partition coefficient (Wildman–Crippen LogP) is 4.22. The van der Waals surface area contributed by atoms with Crippen molar-refractivity contribution in [1.29, 1.82) is 0 Å². The largest absolute Gasteiger partial charge is 0.395 e. The highest BCUT2D eigenvalue weighted by Gasteiger charge is 2.28. The second kappa shape index (κ2) is 10.4. The van der Waals surface area contributed by atoms with Gasteiger partial charge in [0.15, 0.2) is 0 Å². The second-order valence-electron chi connectivity index (χ2n) is 6.62. The molecule has 0 aliphatic rings. The molecule has 1 aromatic rings. The molecule has 0 bridgehead atoms. The lowest BCUT2D eigenvalue weighted by Crippen LogP contribution is -2.44. The van der Waals surface area contributed by atoms with Crippen LogP contribution >= 0.6 is 11.6 Å². The van der Waals surface area contributed by atoms with Crippen LogP contribution in [-0.2, 0) is 10.0 Å². The lowest BCUT2D eigenvalue weighted by Gasteiger charge is -2.29. The molecule has 0 saturated carbocycles. The van der Waals surface area contributed by atoms with Crippen molar-refractivity contribution in [2.24, 2.45) is 11.8 Å². The number of hydrogen-bond donors (Lipinski definition) is 2. The van der Waals surface area contributed by atoms with Crippen LogP contribution in [0.4, 0.5) is 0 Å². The number of aliphatic hydroxyl groups is 1. The second-order valence-corrected chi connectivity index (χ2v) is 8.77. The summed E-state index contributed by atoms with van der Waals surface area (Å²) in [4.78, 5) is 0.166. The van der Waals surface area contributed by atoms with Crippen LogP contribution in [0.1, 0.15) is 52.9 Å². The van der Waals surface area contributed by atoms with Crippen LogP contribution in [0.25, 0.3) is 0 Å². The van der Waals surface area contributed by atoms with Crippen molar-refractivity contribution in [1.82, 2.24) is 4.72 Å². The normalized spacial score (nSPS) is 14.8. The average Bonchev–Trinajstić information content (AvgIpc) is 2.53. The van der Waals surface area contributed by atoms with Crippen molar-refractivity contribution in [3.63, 3.8) is 0 Å². The van der Waals surface area contributed by atoms with Crippen LogP contribution in [0.3, 0.4) is 0 Å². The van der Waals surface area contributed by atoms with Gasteiger partial charge in [-0.05, 0) is 42.5 Å². The smallest absolute Gasteiger partial charge is 0.240 e. The van der Waals surface area contributed by atoms with Crippen molar-refractivity contribution in [3.05, 3.63) is 29.3 Å². The molecule has 0 saturated heterocycles. The number of nitrogens with one attached hydrogen (secondary N) is 1. The van der Waals surface area contributed by atoms with Crippen LogP contribution in [0.15, 0.2) is 29.2 Å². The third kappa shape index (κ3) is 6.71. The Kier molecular flexibility index (Phi) is 9.27. The van der Waals surface area contributed by atoms with E-state index in [0.717, 1.165) is 19.3 Å². The summed E-state index contributed by atoms with van der Waals surface area (Å²) >= 11 is 5.81. The molecule has 0 aliphatic heterocycles. The summed E-state index contributed by atoms with van der Waals surface area (Å²) in [6.45, 7) is 6.10. The Morgan fingerprint density at radius 1 is 1.12 bits per heavy atom. The minimum atomic E-state index is -3.67. The summed E-state index contributed by atoms with van der Waals surface area (Å²) < 4.78 is 27.8. The quantitative estimate of drug-likeness (QED) is 0.569. The molecule has 1 aromatic carbocycles. The maximum atomic E-state index is 12.6. The average molecular weight is 376 g/mol. The highest BCUT2D eigenvalue weighted by Crippen LogP contribution is 2.24. The molecule has 0 unspecified atom stereocenters. The third-order valence-electron chi connectivity index (χ3n) is 4.39. The number of sulfonamides is 1. The van der Waals surface area contributed by atoms with Gasteiger partial charge in [-0.25, -0.2) is 13.1 Å². The summed E-state index contributed by atoms with van der Waals surface area (Å²) in [5.74, 6) is 0.394. The molecule has 2 atom stereocenters. The first kappa shape index (κ1) is 21.4. The van der Waals surface area contributed by atoms with Gasteiger partial charge in [-0.1, -0.05) is 58.1 Å². The molecule has 2 N–H and O–H groups in total. The molecule has 1 rings (SSSR count). The van der Waals surface area contributed by atoms with Crippen molar-refractivity contribution in [2.75, 3.05) is 6.61 Å². The van der Waals surface area contributed by atoms with Gasteiger partial charge in [-0.15, -0.1) is 0 Å². The number of benzene rings is 1. The van der Waals surface area contributed by atoms with Crippen LogP contribution in [0, 0.1) is 11.8 Å². The van der Waals surface area contributed by atoms with Crippen molar-refractivity contribution in [3.8, 4) is 0 Å². The predicted molar refractivity (Wildman–Crippen MR) is 99.7 cm³/mol. The van der Waals surface area contributed by atoms with Gasteiger partial charge in [0.25, 0.3) is 0 Å². The van der Waals surface area contributed by atoms with Crippen LogP contribution in [0.5, 0.6) is 0 Å². The van der Waals surface area contributed by atoms with E-state index >= 15 is 0 Å². The zero-order valence-corrected chi connectivity index (χ0v) is 16.4. The fourth-order valence-electron chi connectivity index (χ4n) is 2.95. The van der Waals surface area contributed by atoms with Crippen LogP contribution < -0.4 is 4.72 Å². The van der Waals surface area contributed by atoms with Gasteiger partial charge < -0.3 is 5.11 Å². The molecule has 6 heteroatoms. The monoisotopic (exact) mass is 375 g/mol. The SMILES string of the molecule is CCCCCC[C@@H](C(C)C)[C@@H](CO)NS(=O)(=O)c1ccc(Cl)cc1. The fraction of sp³-hybridized carbons (Fsp3) is 0.667. The number of hydrogen-bond acceptors (Lipinski definition) is 3. The molecule has 4 nitrogen and oxygen atoms in total. The number of unbranched alkanes of at least 4 members (excludes halogenated alkanes) is 3. The number of rotatable bonds is 11. The summed E-state index contributed by atoms with van der Waals surface area (Å²) in [6.07, 6.45) is 5.45. The molecule has 0 aromatic heterocycles. The molecular weight excluding hydrogens is 346 g/mol. The molecule has 0 amide bonds. The van der Waals surface area contributed by atoms with Crippen molar-refractivity contribution < 1.29 is 13.5 Å². The Morgan fingerprint density at radius 3 is 2.25 bits per heavy atom. The van der Waals surface area contributed by atoms with Gasteiger partial charge in [-0.2, -0.15) is 0 Å². The Labute approximate surface area is 151 Å². The van der Waals surface area contributed by atoms with E-state index in [9.17, 15) is 13.5 Å². The third-order valence-corrected chi connectivity index (χ3v) is 6.15. The van der Waals surface area contributed by atoms with E-state index < -0.39 is 16.1 Å². The Morgan fingerprint density at radius 2 is 1.75 bits per heavy atom. The van der Waals surface area contributed by atoms with E-state index in [-0.39, 0.29) is 23.3 Å². The number of aliphatic hydroxyl groups excluding tert-OH is 1. The van der Waals surface area contributed by atoms with Gasteiger partial charge in [0.1, 0.15) is 0 Å². The van der Waals surface area contributed by atoms with Gasteiger partial charge >= 0.3 is 0 Å². The van der Waals surface area contributed by atoms with Gasteiger partial charge in [0.2, 0.25) is 10.0 Å². The van der Waals surface area contributed by atoms with Gasteiger partial charge in [0, 0.05) is 11.1 Å². The maximum absolute atomic E-state index is 12.6. The molecule has 0 fully saturated rings. The number of halogens is 1. The molecule has 0 spiro atoms. The Balaban J connectivity index is 2.82. The Bertz CT molecular complexity index is 572. The van der Waals surface area contributed by atoms with Gasteiger partial charge in [-0.3, -0.25) is 0 Å². The van der Waals surface area contributed by atoms with Gasteiger partial charge in [0.05, 0.1) is 11.5 Å². The van der Waals surface area contributed by atoms with Crippen molar-refractivity contribution in [2.45, 2.75) is 63.8 Å². The fourth-order valence-corrected chi connectivity index (χ4v) is 4.35. The van der Waals surface area contributed by atoms with E-state index in [1.807, 2.05) is 0 Å². The molecule has 0 radical (unpaired) electrons. The molecule has 24 heavy (non-hydrogen) atoms. The minimum Gasteiger partial charge on any atom is -0.395 e. The highest BCUT2D eigenvalue weighted by atomic mass is 35.5. The van der Waals surface area contributed by atoms with Crippen LogP contribution in [-0.4, -0.2) is 26.2 Å². The lowest BCUT2D eigenvalue weighted by molar-refractivity contribution is 0.177. The first-order chi connectivity index (χ1) is 11.3. The topological polar surface area (TPSA) is 66.4 Å². The maximum Gasteiger partial charge on any atom is 0.240 e. The molecule has 138 valence electrons.